The zero-order chi connectivity index (χ0) is 15.7. The molecule has 0 saturated heterocycles. The van der Waals surface area contributed by atoms with Crippen molar-refractivity contribution in [2.75, 3.05) is 34.0 Å². The largest absolute Gasteiger partial charge is 0.497 e. The van der Waals surface area contributed by atoms with Gasteiger partial charge in [-0.3, -0.25) is 0 Å². The van der Waals surface area contributed by atoms with Gasteiger partial charge in [-0.1, -0.05) is 20.8 Å². The van der Waals surface area contributed by atoms with E-state index in [1.165, 1.54) is 0 Å². The minimum absolute atomic E-state index is 0.129. The van der Waals surface area contributed by atoms with E-state index in [1.807, 2.05) is 18.2 Å². The van der Waals surface area contributed by atoms with Gasteiger partial charge < -0.3 is 19.5 Å². The molecule has 4 heteroatoms. The Morgan fingerprint density at radius 2 is 1.86 bits per heavy atom. The Morgan fingerprint density at radius 3 is 2.43 bits per heavy atom. The van der Waals surface area contributed by atoms with Crippen LogP contribution in [0.1, 0.15) is 38.8 Å². The highest BCUT2D eigenvalue weighted by Gasteiger charge is 2.17. The lowest BCUT2D eigenvalue weighted by Crippen LogP contribution is -2.27. The van der Waals surface area contributed by atoms with E-state index in [0.717, 1.165) is 36.6 Å². The zero-order valence-corrected chi connectivity index (χ0v) is 13.9. The Balaban J connectivity index is 2.85. The molecule has 0 aliphatic heterocycles. The van der Waals surface area contributed by atoms with Gasteiger partial charge in [0.1, 0.15) is 11.5 Å². The van der Waals surface area contributed by atoms with Gasteiger partial charge in [0, 0.05) is 18.2 Å². The normalized spacial score (nSPS) is 12.5. The van der Waals surface area contributed by atoms with E-state index >= 15 is 0 Å². The average Bonchev–Trinajstić information content (AvgIpc) is 2.49. The Labute approximate surface area is 128 Å². The van der Waals surface area contributed by atoms with Crippen LogP contribution < -0.4 is 14.8 Å². The maximum absolute atomic E-state index is 5.82. The van der Waals surface area contributed by atoms with Gasteiger partial charge in [-0.05, 0) is 31.0 Å². The fourth-order valence-electron chi connectivity index (χ4n) is 2.11. The van der Waals surface area contributed by atoms with Gasteiger partial charge in [0.05, 0.1) is 26.9 Å². The number of methoxy groups -OCH3 is 2. The van der Waals surface area contributed by atoms with Gasteiger partial charge in [0.15, 0.2) is 0 Å². The molecule has 0 fully saturated rings. The first-order chi connectivity index (χ1) is 10.1. The molecule has 1 unspecified atom stereocenters. The minimum Gasteiger partial charge on any atom is -0.497 e. The quantitative estimate of drug-likeness (QED) is 0.718. The van der Waals surface area contributed by atoms with E-state index in [1.54, 1.807) is 14.2 Å². The van der Waals surface area contributed by atoms with Crippen molar-refractivity contribution in [3.63, 3.8) is 0 Å². The number of rotatable bonds is 10. The predicted molar refractivity (Wildman–Crippen MR) is 86.2 cm³/mol. The molecule has 0 bridgehead atoms. The summed E-state index contributed by atoms with van der Waals surface area (Å²) in [6.45, 7) is 8.82. The number of nitrogens with one attached hydrogen (secondary N) is 1. The maximum Gasteiger partial charge on any atom is 0.127 e. The first kappa shape index (κ1) is 17.8. The van der Waals surface area contributed by atoms with Crippen molar-refractivity contribution in [2.45, 2.75) is 33.2 Å². The third kappa shape index (κ3) is 5.94. The highest BCUT2D eigenvalue weighted by Crippen LogP contribution is 2.29. The van der Waals surface area contributed by atoms with Crippen LogP contribution >= 0.6 is 0 Å². The molecule has 0 aromatic heterocycles. The van der Waals surface area contributed by atoms with Gasteiger partial charge in [-0.15, -0.1) is 0 Å². The Morgan fingerprint density at radius 1 is 1.10 bits per heavy atom. The van der Waals surface area contributed by atoms with Gasteiger partial charge in [-0.2, -0.15) is 0 Å². The molecule has 0 saturated carbocycles. The summed E-state index contributed by atoms with van der Waals surface area (Å²) in [5.74, 6) is 2.17. The van der Waals surface area contributed by atoms with Crippen LogP contribution in [0.4, 0.5) is 0 Å². The standard InChI is InChI=1S/C17H29NO3/c1-6-9-18-16(12-21-11-13(2)3)15-8-7-14(19-4)10-17(15)20-5/h7-8,10,13,16,18H,6,9,11-12H2,1-5H3. The number of ether oxygens (including phenoxy) is 3. The van der Waals surface area contributed by atoms with Crippen molar-refractivity contribution in [1.29, 1.82) is 0 Å². The number of hydrogen-bond donors (Lipinski definition) is 1. The fourth-order valence-corrected chi connectivity index (χ4v) is 2.11. The van der Waals surface area contributed by atoms with Crippen molar-refractivity contribution in [3.8, 4) is 11.5 Å². The lowest BCUT2D eigenvalue weighted by atomic mass is 10.1. The van der Waals surface area contributed by atoms with E-state index in [4.69, 9.17) is 14.2 Å². The summed E-state index contributed by atoms with van der Waals surface area (Å²) in [6, 6.07) is 6.05. The van der Waals surface area contributed by atoms with Crippen LogP contribution in [0.3, 0.4) is 0 Å². The molecular formula is C17H29NO3. The van der Waals surface area contributed by atoms with Crippen LogP contribution in [0.15, 0.2) is 18.2 Å². The van der Waals surface area contributed by atoms with Crippen LogP contribution in [0.5, 0.6) is 11.5 Å². The molecule has 0 amide bonds. The predicted octanol–water partition coefficient (Wildman–Crippen LogP) is 3.42. The SMILES string of the molecule is CCCNC(COCC(C)C)c1ccc(OC)cc1OC. The maximum atomic E-state index is 5.82. The molecule has 21 heavy (non-hydrogen) atoms. The molecule has 120 valence electrons. The van der Waals surface area contributed by atoms with E-state index in [9.17, 15) is 0 Å². The zero-order valence-electron chi connectivity index (χ0n) is 13.9. The minimum atomic E-state index is 0.129. The number of hydrogen-bond acceptors (Lipinski definition) is 4. The lowest BCUT2D eigenvalue weighted by molar-refractivity contribution is 0.0895. The second-order valence-corrected chi connectivity index (χ2v) is 5.55. The van der Waals surface area contributed by atoms with Crippen molar-refractivity contribution < 1.29 is 14.2 Å². The van der Waals surface area contributed by atoms with Gasteiger partial charge in [-0.25, -0.2) is 0 Å². The molecule has 0 aliphatic rings. The van der Waals surface area contributed by atoms with Crippen molar-refractivity contribution in [3.05, 3.63) is 23.8 Å². The molecule has 0 radical (unpaired) electrons. The number of benzene rings is 1. The van der Waals surface area contributed by atoms with E-state index in [0.29, 0.717) is 12.5 Å². The van der Waals surface area contributed by atoms with Crippen LogP contribution in [0.2, 0.25) is 0 Å². The van der Waals surface area contributed by atoms with E-state index < -0.39 is 0 Å². The van der Waals surface area contributed by atoms with E-state index in [2.05, 4.69) is 26.1 Å². The molecule has 4 nitrogen and oxygen atoms in total. The summed E-state index contributed by atoms with van der Waals surface area (Å²) in [5, 5.41) is 3.53. The molecule has 1 rings (SSSR count). The molecule has 1 N–H and O–H groups in total. The summed E-state index contributed by atoms with van der Waals surface area (Å²) >= 11 is 0. The summed E-state index contributed by atoms with van der Waals surface area (Å²) in [6.07, 6.45) is 1.08. The highest BCUT2D eigenvalue weighted by atomic mass is 16.5. The summed E-state index contributed by atoms with van der Waals surface area (Å²) in [5.41, 5.74) is 1.11. The van der Waals surface area contributed by atoms with Crippen molar-refractivity contribution >= 4 is 0 Å². The van der Waals surface area contributed by atoms with Gasteiger partial charge >= 0.3 is 0 Å². The lowest BCUT2D eigenvalue weighted by Gasteiger charge is -2.22. The smallest absolute Gasteiger partial charge is 0.127 e. The van der Waals surface area contributed by atoms with Crippen LogP contribution in [0, 0.1) is 5.92 Å². The monoisotopic (exact) mass is 295 g/mol. The molecular weight excluding hydrogens is 266 g/mol. The van der Waals surface area contributed by atoms with Crippen molar-refractivity contribution in [1.82, 2.24) is 5.32 Å². The summed E-state index contributed by atoms with van der Waals surface area (Å²) in [7, 11) is 3.34. The van der Waals surface area contributed by atoms with Gasteiger partial charge in [0.2, 0.25) is 0 Å². The summed E-state index contributed by atoms with van der Waals surface area (Å²) in [4.78, 5) is 0. The third-order valence-electron chi connectivity index (χ3n) is 3.19. The molecule has 1 aromatic carbocycles. The molecule has 0 aliphatic carbocycles. The van der Waals surface area contributed by atoms with Crippen LogP contribution in [0.25, 0.3) is 0 Å². The highest BCUT2D eigenvalue weighted by molar-refractivity contribution is 5.42. The second kappa shape index (κ2) is 9.64. The van der Waals surface area contributed by atoms with Crippen molar-refractivity contribution in [2.24, 2.45) is 5.92 Å². The van der Waals surface area contributed by atoms with Crippen LogP contribution in [-0.4, -0.2) is 34.0 Å². The second-order valence-electron chi connectivity index (χ2n) is 5.55. The average molecular weight is 295 g/mol. The van der Waals surface area contributed by atoms with Gasteiger partial charge in [0.25, 0.3) is 0 Å². The Kier molecular flexibility index (Phi) is 8.16. The molecule has 1 aromatic rings. The fraction of sp³-hybridized carbons (Fsp3) is 0.647. The van der Waals surface area contributed by atoms with E-state index in [-0.39, 0.29) is 6.04 Å². The topological polar surface area (TPSA) is 39.7 Å². The van der Waals surface area contributed by atoms with Crippen LogP contribution in [-0.2, 0) is 4.74 Å². The third-order valence-corrected chi connectivity index (χ3v) is 3.19. The first-order valence-corrected chi connectivity index (χ1v) is 7.65. The molecule has 0 heterocycles. The Hall–Kier alpha value is -1.26. The molecule has 1 atom stereocenters. The molecule has 0 spiro atoms. The summed E-state index contributed by atoms with van der Waals surface area (Å²) < 4.78 is 16.6. The Bertz CT molecular complexity index is 407. The first-order valence-electron chi connectivity index (χ1n) is 7.65.